The highest BCUT2D eigenvalue weighted by Gasteiger charge is 2.14. The maximum absolute atomic E-state index is 6.06. The van der Waals surface area contributed by atoms with Crippen molar-refractivity contribution in [1.29, 1.82) is 0 Å². The number of ether oxygens (including phenoxy) is 2. The van der Waals surface area contributed by atoms with Crippen LogP contribution in [0.1, 0.15) is 38.8 Å². The Morgan fingerprint density at radius 3 is 2.52 bits per heavy atom. The summed E-state index contributed by atoms with van der Waals surface area (Å²) in [6.45, 7) is 10.1. The normalized spacial score (nSPS) is 11.8. The third-order valence-electron chi connectivity index (χ3n) is 3.61. The Hall–Kier alpha value is -2.76. The van der Waals surface area contributed by atoms with Crippen LogP contribution in [0.4, 0.5) is 0 Å². The van der Waals surface area contributed by atoms with Crippen LogP contribution in [0.5, 0.6) is 11.6 Å². The minimum atomic E-state index is -0.240. The summed E-state index contributed by atoms with van der Waals surface area (Å²) in [5.41, 5.74) is 1.87. The molecular weight excluding hydrogens is 340 g/mol. The summed E-state index contributed by atoms with van der Waals surface area (Å²) in [6, 6.07) is 11.9. The summed E-state index contributed by atoms with van der Waals surface area (Å²) in [6.07, 6.45) is 1.78. The van der Waals surface area contributed by atoms with Crippen LogP contribution in [0.3, 0.4) is 0 Å². The zero-order valence-corrected chi connectivity index (χ0v) is 16.9. The highest BCUT2D eigenvalue weighted by molar-refractivity contribution is 5.79. The number of pyridine rings is 1. The van der Waals surface area contributed by atoms with Gasteiger partial charge in [-0.2, -0.15) is 0 Å². The lowest BCUT2D eigenvalue weighted by molar-refractivity contribution is 0.129. The third kappa shape index (κ3) is 7.17. The van der Waals surface area contributed by atoms with E-state index in [4.69, 9.17) is 9.47 Å². The van der Waals surface area contributed by atoms with E-state index in [9.17, 15) is 0 Å². The molecule has 0 amide bonds. The molecule has 0 spiro atoms. The predicted octanol–water partition coefficient (Wildman–Crippen LogP) is 3.52. The van der Waals surface area contributed by atoms with Crippen molar-refractivity contribution in [3.63, 3.8) is 0 Å². The first-order chi connectivity index (χ1) is 12.9. The van der Waals surface area contributed by atoms with Gasteiger partial charge in [0.05, 0.1) is 13.7 Å². The molecule has 0 aliphatic heterocycles. The van der Waals surface area contributed by atoms with E-state index in [0.29, 0.717) is 19.0 Å². The standard InChI is InChI=1S/C21H30N4O2/c1-6-22-20(24-14-16-11-12-19(26-5)23-13-16)25-15-17-9-7-8-10-18(17)27-21(2,3)4/h7-13H,6,14-15H2,1-5H3,(H2,22,24,25). The monoisotopic (exact) mass is 370 g/mol. The topological polar surface area (TPSA) is 67.8 Å². The summed E-state index contributed by atoms with van der Waals surface area (Å²) >= 11 is 0. The Morgan fingerprint density at radius 1 is 1.11 bits per heavy atom. The van der Waals surface area contributed by atoms with Crippen molar-refractivity contribution in [1.82, 2.24) is 15.6 Å². The van der Waals surface area contributed by atoms with Gasteiger partial charge < -0.3 is 20.1 Å². The summed E-state index contributed by atoms with van der Waals surface area (Å²) < 4.78 is 11.1. The first-order valence-corrected chi connectivity index (χ1v) is 9.19. The molecule has 1 aromatic heterocycles. The number of aliphatic imine (C=N–C) groups is 1. The molecule has 1 heterocycles. The Balaban J connectivity index is 2.03. The first-order valence-electron chi connectivity index (χ1n) is 9.19. The molecule has 6 nitrogen and oxygen atoms in total. The largest absolute Gasteiger partial charge is 0.488 e. The lowest BCUT2D eigenvalue weighted by Gasteiger charge is -2.23. The van der Waals surface area contributed by atoms with Gasteiger partial charge >= 0.3 is 0 Å². The molecule has 2 N–H and O–H groups in total. The second-order valence-corrected chi connectivity index (χ2v) is 7.08. The smallest absolute Gasteiger partial charge is 0.212 e. The SMILES string of the molecule is CCNC(=NCc1ccc(OC)nc1)NCc1ccccc1OC(C)(C)C. The molecule has 0 saturated carbocycles. The molecule has 0 fully saturated rings. The van der Waals surface area contributed by atoms with Crippen LogP contribution >= 0.6 is 0 Å². The van der Waals surface area contributed by atoms with E-state index in [2.05, 4.69) is 26.7 Å². The fourth-order valence-electron chi connectivity index (χ4n) is 2.40. The number of rotatable bonds is 7. The molecule has 146 valence electrons. The number of guanidine groups is 1. The first kappa shape index (κ1) is 20.6. The van der Waals surface area contributed by atoms with Crippen LogP contribution in [0.25, 0.3) is 0 Å². The van der Waals surface area contributed by atoms with Crippen LogP contribution in [-0.2, 0) is 13.1 Å². The fourth-order valence-corrected chi connectivity index (χ4v) is 2.40. The van der Waals surface area contributed by atoms with Crippen molar-refractivity contribution in [2.24, 2.45) is 4.99 Å². The Bertz CT molecular complexity index is 737. The molecule has 6 heteroatoms. The fraction of sp³-hybridized carbons (Fsp3) is 0.429. The van der Waals surface area contributed by atoms with Crippen LogP contribution < -0.4 is 20.1 Å². The van der Waals surface area contributed by atoms with Crippen LogP contribution in [0.15, 0.2) is 47.6 Å². The number of aromatic nitrogens is 1. The molecule has 2 rings (SSSR count). The van der Waals surface area contributed by atoms with Crippen LogP contribution in [0.2, 0.25) is 0 Å². The lowest BCUT2D eigenvalue weighted by atomic mass is 10.1. The van der Waals surface area contributed by atoms with Gasteiger partial charge in [0, 0.05) is 30.9 Å². The van der Waals surface area contributed by atoms with Gasteiger partial charge in [-0.25, -0.2) is 9.98 Å². The van der Waals surface area contributed by atoms with Crippen molar-refractivity contribution >= 4 is 5.96 Å². The van der Waals surface area contributed by atoms with E-state index in [1.165, 1.54) is 0 Å². The van der Waals surface area contributed by atoms with Crippen LogP contribution in [0, 0.1) is 0 Å². The van der Waals surface area contributed by atoms with E-state index in [1.807, 2.05) is 58.0 Å². The average molecular weight is 370 g/mol. The minimum Gasteiger partial charge on any atom is -0.488 e. The summed E-state index contributed by atoms with van der Waals surface area (Å²) in [5, 5.41) is 6.64. The lowest BCUT2D eigenvalue weighted by Crippen LogP contribution is -2.37. The molecular formula is C21H30N4O2. The van der Waals surface area contributed by atoms with E-state index in [-0.39, 0.29) is 5.60 Å². The maximum Gasteiger partial charge on any atom is 0.212 e. The van der Waals surface area contributed by atoms with Crippen molar-refractivity contribution in [3.8, 4) is 11.6 Å². The van der Waals surface area contributed by atoms with E-state index < -0.39 is 0 Å². The quantitative estimate of drug-likeness (QED) is 0.576. The number of methoxy groups -OCH3 is 1. The third-order valence-corrected chi connectivity index (χ3v) is 3.61. The van der Waals surface area contributed by atoms with Gasteiger partial charge in [-0.1, -0.05) is 24.3 Å². The number of nitrogens with zero attached hydrogens (tertiary/aromatic N) is 2. The molecule has 0 aliphatic rings. The molecule has 0 radical (unpaired) electrons. The van der Waals surface area contributed by atoms with Gasteiger partial charge in [-0.3, -0.25) is 0 Å². The molecule has 0 aliphatic carbocycles. The number of para-hydroxylation sites is 1. The summed E-state index contributed by atoms with van der Waals surface area (Å²) in [7, 11) is 1.61. The van der Waals surface area contributed by atoms with Gasteiger partial charge in [0.25, 0.3) is 0 Å². The highest BCUT2D eigenvalue weighted by atomic mass is 16.5. The molecule has 1 aromatic carbocycles. The molecule has 27 heavy (non-hydrogen) atoms. The van der Waals surface area contributed by atoms with Gasteiger partial charge in [-0.15, -0.1) is 0 Å². The minimum absolute atomic E-state index is 0.240. The Labute approximate surface area is 162 Å². The van der Waals surface area contributed by atoms with Crippen molar-refractivity contribution < 1.29 is 9.47 Å². The average Bonchev–Trinajstić information content (AvgIpc) is 2.64. The molecule has 0 bridgehead atoms. The second kappa shape index (κ2) is 9.80. The van der Waals surface area contributed by atoms with E-state index in [0.717, 1.165) is 29.4 Å². The van der Waals surface area contributed by atoms with Gasteiger partial charge in [0.1, 0.15) is 11.4 Å². The summed E-state index contributed by atoms with van der Waals surface area (Å²) in [5.74, 6) is 2.23. The molecule has 0 saturated heterocycles. The molecule has 2 aromatic rings. The predicted molar refractivity (Wildman–Crippen MR) is 109 cm³/mol. The molecule has 0 unspecified atom stereocenters. The number of hydrogen-bond acceptors (Lipinski definition) is 4. The van der Waals surface area contributed by atoms with Crippen molar-refractivity contribution in [3.05, 3.63) is 53.7 Å². The van der Waals surface area contributed by atoms with E-state index >= 15 is 0 Å². The van der Waals surface area contributed by atoms with Gasteiger partial charge in [0.2, 0.25) is 5.88 Å². The number of hydrogen-bond donors (Lipinski definition) is 2. The number of nitrogens with one attached hydrogen (secondary N) is 2. The number of benzene rings is 1. The van der Waals surface area contributed by atoms with Gasteiger partial charge in [-0.05, 0) is 39.3 Å². The zero-order chi connectivity index (χ0) is 19.7. The van der Waals surface area contributed by atoms with Crippen molar-refractivity contribution in [2.45, 2.75) is 46.4 Å². The second-order valence-electron chi connectivity index (χ2n) is 7.08. The summed E-state index contributed by atoms with van der Waals surface area (Å²) in [4.78, 5) is 8.84. The van der Waals surface area contributed by atoms with Gasteiger partial charge in [0.15, 0.2) is 5.96 Å². The Kier molecular flexibility index (Phi) is 7.46. The highest BCUT2D eigenvalue weighted by Crippen LogP contribution is 2.22. The zero-order valence-electron chi connectivity index (χ0n) is 16.9. The van der Waals surface area contributed by atoms with Crippen LogP contribution in [-0.4, -0.2) is 30.2 Å². The van der Waals surface area contributed by atoms with Crippen molar-refractivity contribution in [2.75, 3.05) is 13.7 Å². The van der Waals surface area contributed by atoms with E-state index in [1.54, 1.807) is 13.3 Å². The Morgan fingerprint density at radius 2 is 1.89 bits per heavy atom. The maximum atomic E-state index is 6.06. The molecule has 0 atom stereocenters.